The number of aliphatic hydroxyl groups excluding tert-OH is 1. The van der Waals surface area contributed by atoms with Gasteiger partial charge in [-0.05, 0) is 0 Å². The second kappa shape index (κ2) is 2.51. The summed E-state index contributed by atoms with van der Waals surface area (Å²) in [6.07, 6.45) is 2.41. The smallest absolute Gasteiger partial charge is 0.0950 e. The van der Waals surface area contributed by atoms with Crippen molar-refractivity contribution in [2.45, 2.75) is 6.42 Å². The lowest BCUT2D eigenvalue weighted by Crippen LogP contribution is -1.97. The zero-order chi connectivity index (χ0) is 5.98. The fourth-order valence-corrected chi connectivity index (χ4v) is 1.62. The maximum absolute atomic E-state index is 8.84. The van der Waals surface area contributed by atoms with Crippen LogP contribution in [0, 0.1) is 0 Å². The van der Waals surface area contributed by atoms with E-state index in [0.29, 0.717) is 5.76 Å². The average Bonchev–Trinajstić information content (AvgIpc) is 1.64. The van der Waals surface area contributed by atoms with Crippen LogP contribution in [0.5, 0.6) is 0 Å². The average molecular weight is 146 g/mol. The van der Waals surface area contributed by atoms with Gasteiger partial charge in [0.1, 0.15) is 0 Å². The van der Waals surface area contributed by atoms with E-state index in [2.05, 4.69) is 0 Å². The molecular formula is C5H6OS2. The third-order valence-corrected chi connectivity index (χ3v) is 2.17. The van der Waals surface area contributed by atoms with Crippen LogP contribution in [-0.4, -0.2) is 15.1 Å². The molecular weight excluding hydrogens is 140 g/mol. The molecule has 0 aromatic rings. The fraction of sp³-hybridized carbons (Fsp3) is 0.400. The minimum absolute atomic E-state index is 0.425. The molecule has 0 amide bonds. The van der Waals surface area contributed by atoms with Gasteiger partial charge < -0.3 is 5.11 Å². The molecule has 1 aliphatic rings. The van der Waals surface area contributed by atoms with Crippen LogP contribution in [0.25, 0.3) is 0 Å². The minimum Gasteiger partial charge on any atom is -0.512 e. The van der Waals surface area contributed by atoms with E-state index in [-0.39, 0.29) is 0 Å². The van der Waals surface area contributed by atoms with Crippen molar-refractivity contribution < 1.29 is 5.11 Å². The van der Waals surface area contributed by atoms with Crippen LogP contribution in [0.2, 0.25) is 0 Å². The maximum atomic E-state index is 8.84. The topological polar surface area (TPSA) is 20.2 Å². The number of allylic oxidation sites excluding steroid dienone is 1. The summed E-state index contributed by atoms with van der Waals surface area (Å²) in [7, 11) is 0. The number of thiocarbonyl (C=S) groups is 1. The van der Waals surface area contributed by atoms with Crippen molar-refractivity contribution in [1.29, 1.82) is 0 Å². The summed E-state index contributed by atoms with van der Waals surface area (Å²) in [4.78, 5) is 0. The molecule has 0 atom stereocenters. The third-order valence-electron chi connectivity index (χ3n) is 0.887. The van der Waals surface area contributed by atoms with Gasteiger partial charge in [0.15, 0.2) is 0 Å². The van der Waals surface area contributed by atoms with Crippen molar-refractivity contribution in [1.82, 2.24) is 0 Å². The van der Waals surface area contributed by atoms with Crippen molar-refractivity contribution in [2.24, 2.45) is 0 Å². The fourth-order valence-electron chi connectivity index (χ4n) is 0.506. The lowest BCUT2D eigenvalue weighted by molar-refractivity contribution is 0.396. The summed E-state index contributed by atoms with van der Waals surface area (Å²) in [5.74, 6) is 1.36. The summed E-state index contributed by atoms with van der Waals surface area (Å²) in [6, 6.07) is 0. The Morgan fingerprint density at radius 3 is 2.88 bits per heavy atom. The lowest BCUT2D eigenvalue weighted by Gasteiger charge is -2.05. The molecule has 0 aromatic carbocycles. The van der Waals surface area contributed by atoms with E-state index in [0.717, 1.165) is 16.4 Å². The van der Waals surface area contributed by atoms with Gasteiger partial charge >= 0.3 is 0 Å². The SMILES string of the molecule is OC1=CC(=S)SCC1. The molecule has 0 spiro atoms. The van der Waals surface area contributed by atoms with Gasteiger partial charge in [0.05, 0.1) is 9.96 Å². The summed E-state index contributed by atoms with van der Waals surface area (Å²) in [6.45, 7) is 0. The highest BCUT2D eigenvalue weighted by Gasteiger charge is 2.04. The van der Waals surface area contributed by atoms with Crippen LogP contribution in [0.15, 0.2) is 11.8 Å². The molecule has 0 aromatic heterocycles. The van der Waals surface area contributed by atoms with E-state index < -0.39 is 0 Å². The van der Waals surface area contributed by atoms with E-state index in [1.54, 1.807) is 17.8 Å². The molecule has 1 nitrogen and oxygen atoms in total. The summed E-state index contributed by atoms with van der Waals surface area (Å²) in [5, 5.41) is 8.84. The van der Waals surface area contributed by atoms with Crippen LogP contribution >= 0.6 is 24.0 Å². The molecule has 3 heteroatoms. The highest BCUT2D eigenvalue weighted by Crippen LogP contribution is 2.17. The summed E-state index contributed by atoms with van der Waals surface area (Å²) < 4.78 is 0.800. The van der Waals surface area contributed by atoms with Crippen molar-refractivity contribution in [3.05, 3.63) is 11.8 Å². The van der Waals surface area contributed by atoms with E-state index in [1.807, 2.05) is 0 Å². The quantitative estimate of drug-likeness (QED) is 0.527. The number of hydrogen-bond donors (Lipinski definition) is 1. The molecule has 44 valence electrons. The molecule has 0 bridgehead atoms. The van der Waals surface area contributed by atoms with E-state index >= 15 is 0 Å². The molecule has 0 aliphatic carbocycles. The number of thioether (sulfide) groups is 1. The Morgan fingerprint density at radius 1 is 1.75 bits per heavy atom. The van der Waals surface area contributed by atoms with Crippen molar-refractivity contribution in [3.63, 3.8) is 0 Å². The summed E-state index contributed by atoms with van der Waals surface area (Å²) in [5.41, 5.74) is 0. The van der Waals surface area contributed by atoms with E-state index in [4.69, 9.17) is 17.3 Å². The monoisotopic (exact) mass is 146 g/mol. The Morgan fingerprint density at radius 2 is 2.50 bits per heavy atom. The second-order valence-corrected chi connectivity index (χ2v) is 3.39. The van der Waals surface area contributed by atoms with Gasteiger partial charge in [-0.15, -0.1) is 11.8 Å². The van der Waals surface area contributed by atoms with Crippen LogP contribution in [0.1, 0.15) is 6.42 Å². The van der Waals surface area contributed by atoms with Crippen LogP contribution in [0.4, 0.5) is 0 Å². The number of aliphatic hydroxyl groups is 1. The summed E-state index contributed by atoms with van der Waals surface area (Å²) >= 11 is 6.43. The Kier molecular flexibility index (Phi) is 1.91. The first-order valence-electron chi connectivity index (χ1n) is 2.35. The van der Waals surface area contributed by atoms with Gasteiger partial charge in [0.25, 0.3) is 0 Å². The van der Waals surface area contributed by atoms with Gasteiger partial charge in [0.2, 0.25) is 0 Å². The van der Waals surface area contributed by atoms with E-state index in [1.165, 1.54) is 0 Å². The van der Waals surface area contributed by atoms with Crippen LogP contribution in [0.3, 0.4) is 0 Å². The Hall–Kier alpha value is -0.0200. The molecule has 0 radical (unpaired) electrons. The molecule has 1 heterocycles. The first-order valence-corrected chi connectivity index (χ1v) is 3.75. The van der Waals surface area contributed by atoms with Crippen LogP contribution in [-0.2, 0) is 0 Å². The highest BCUT2D eigenvalue weighted by atomic mass is 32.2. The highest BCUT2D eigenvalue weighted by molar-refractivity contribution is 8.23. The van der Waals surface area contributed by atoms with Gasteiger partial charge in [-0.25, -0.2) is 0 Å². The van der Waals surface area contributed by atoms with Gasteiger partial charge in [-0.1, -0.05) is 12.2 Å². The van der Waals surface area contributed by atoms with Gasteiger partial charge in [0, 0.05) is 18.2 Å². The van der Waals surface area contributed by atoms with Crippen molar-refractivity contribution in [3.8, 4) is 0 Å². The molecule has 0 fully saturated rings. The first kappa shape index (κ1) is 6.11. The largest absolute Gasteiger partial charge is 0.512 e. The molecule has 8 heavy (non-hydrogen) atoms. The van der Waals surface area contributed by atoms with E-state index in [9.17, 15) is 0 Å². The standard InChI is InChI=1S/C5H6OS2/c6-4-1-2-8-5(7)3-4/h3,6H,1-2H2. The molecule has 1 rings (SSSR count). The molecule has 1 N–H and O–H groups in total. The van der Waals surface area contributed by atoms with Crippen molar-refractivity contribution >= 4 is 28.2 Å². The normalized spacial score (nSPS) is 20.5. The molecule has 0 saturated carbocycles. The van der Waals surface area contributed by atoms with Crippen molar-refractivity contribution in [2.75, 3.05) is 5.75 Å². The molecule has 1 aliphatic heterocycles. The Labute approximate surface area is 57.8 Å². The van der Waals surface area contributed by atoms with Gasteiger partial charge in [-0.2, -0.15) is 0 Å². The van der Waals surface area contributed by atoms with Gasteiger partial charge in [-0.3, -0.25) is 0 Å². The Bertz CT molecular complexity index is 139. The predicted molar refractivity (Wildman–Crippen MR) is 40.4 cm³/mol. The second-order valence-electron chi connectivity index (χ2n) is 1.55. The number of hydrogen-bond acceptors (Lipinski definition) is 3. The number of rotatable bonds is 0. The predicted octanol–water partition coefficient (Wildman–Crippen LogP) is 1.89. The zero-order valence-electron chi connectivity index (χ0n) is 4.26. The maximum Gasteiger partial charge on any atom is 0.0950 e. The Balaban J connectivity index is 2.64. The molecule has 0 saturated heterocycles. The first-order chi connectivity index (χ1) is 3.79. The molecule has 0 unspecified atom stereocenters. The lowest BCUT2D eigenvalue weighted by atomic mass is 10.4. The third kappa shape index (κ3) is 1.49. The minimum atomic E-state index is 0.425. The zero-order valence-corrected chi connectivity index (χ0v) is 5.89. The van der Waals surface area contributed by atoms with Crippen LogP contribution < -0.4 is 0 Å².